The van der Waals surface area contributed by atoms with Crippen molar-refractivity contribution in [3.8, 4) is 0 Å². The Labute approximate surface area is 120 Å². The zero-order valence-corrected chi connectivity index (χ0v) is 14.1. The Balaban J connectivity index is 2.56. The van der Waals surface area contributed by atoms with Crippen LogP contribution in [0.3, 0.4) is 0 Å². The summed E-state index contributed by atoms with van der Waals surface area (Å²) < 4.78 is 0. The van der Waals surface area contributed by atoms with Gasteiger partial charge in [0.15, 0.2) is 0 Å². The van der Waals surface area contributed by atoms with Gasteiger partial charge in [-0.2, -0.15) is 0 Å². The van der Waals surface area contributed by atoms with E-state index < -0.39 is 0 Å². The van der Waals surface area contributed by atoms with E-state index in [0.29, 0.717) is 24.0 Å². The van der Waals surface area contributed by atoms with Crippen molar-refractivity contribution in [1.82, 2.24) is 15.1 Å². The molecule has 1 N–H and O–H groups in total. The Kier molecular flexibility index (Phi) is 6.78. The van der Waals surface area contributed by atoms with Gasteiger partial charge in [-0.3, -0.25) is 9.80 Å². The number of hydrogen-bond acceptors (Lipinski definition) is 3. The van der Waals surface area contributed by atoms with Crippen LogP contribution in [0.5, 0.6) is 0 Å². The van der Waals surface area contributed by atoms with Gasteiger partial charge in [-0.15, -0.1) is 0 Å². The van der Waals surface area contributed by atoms with Crippen molar-refractivity contribution in [2.24, 2.45) is 11.8 Å². The number of rotatable bonds is 6. The Hall–Kier alpha value is -0.120. The minimum absolute atomic E-state index is 0.662. The third kappa shape index (κ3) is 5.05. The number of nitrogens with one attached hydrogen (secondary N) is 1. The van der Waals surface area contributed by atoms with Gasteiger partial charge in [0, 0.05) is 37.8 Å². The Morgan fingerprint density at radius 3 is 1.95 bits per heavy atom. The number of nitrogens with zero attached hydrogens (tertiary/aromatic N) is 2. The lowest BCUT2D eigenvalue weighted by atomic mass is 9.98. The lowest BCUT2D eigenvalue weighted by Gasteiger charge is -2.46. The maximum atomic E-state index is 3.65. The van der Waals surface area contributed by atoms with E-state index in [4.69, 9.17) is 0 Å². The quantitative estimate of drug-likeness (QED) is 0.798. The molecule has 0 amide bonds. The molecule has 0 aromatic carbocycles. The van der Waals surface area contributed by atoms with Crippen molar-refractivity contribution in [3.05, 3.63) is 0 Å². The summed E-state index contributed by atoms with van der Waals surface area (Å²) in [6.45, 7) is 18.6. The summed E-state index contributed by atoms with van der Waals surface area (Å²) in [5.41, 5.74) is 0. The molecule has 0 aromatic heterocycles. The fraction of sp³-hybridized carbons (Fsp3) is 1.00. The average molecular weight is 269 g/mol. The highest BCUT2D eigenvalue weighted by atomic mass is 15.3. The first-order valence-corrected chi connectivity index (χ1v) is 7.99. The topological polar surface area (TPSA) is 18.5 Å². The van der Waals surface area contributed by atoms with Crippen molar-refractivity contribution >= 4 is 0 Å². The van der Waals surface area contributed by atoms with Crippen molar-refractivity contribution in [3.63, 3.8) is 0 Å². The molecule has 0 radical (unpaired) electrons. The third-order valence-corrected chi connectivity index (χ3v) is 4.53. The Morgan fingerprint density at radius 2 is 1.53 bits per heavy atom. The number of piperazine rings is 1. The second-order valence-corrected chi connectivity index (χ2v) is 7.18. The van der Waals surface area contributed by atoms with Crippen LogP contribution in [0, 0.1) is 11.8 Å². The van der Waals surface area contributed by atoms with E-state index in [9.17, 15) is 0 Å². The molecule has 3 atom stereocenters. The molecule has 0 aliphatic carbocycles. The van der Waals surface area contributed by atoms with Gasteiger partial charge in [0.25, 0.3) is 0 Å². The summed E-state index contributed by atoms with van der Waals surface area (Å²) in [6.07, 6.45) is 0. The van der Waals surface area contributed by atoms with E-state index >= 15 is 0 Å². The van der Waals surface area contributed by atoms with Gasteiger partial charge in [-0.05, 0) is 39.3 Å². The molecule has 3 heteroatoms. The molecule has 0 aromatic rings. The summed E-state index contributed by atoms with van der Waals surface area (Å²) in [5, 5.41) is 3.65. The highest BCUT2D eigenvalue weighted by molar-refractivity contribution is 4.88. The minimum atomic E-state index is 0.662. The molecular weight excluding hydrogens is 234 g/mol. The standard InChI is InChI=1S/C16H35N3/c1-12(2)8-17-9-16(13(3)4)19-10-14(5)18(7)15(6)11-19/h12-17H,8-11H2,1-7H3. The first-order chi connectivity index (χ1) is 8.82. The van der Waals surface area contributed by atoms with Crippen LogP contribution in [-0.2, 0) is 0 Å². The fourth-order valence-electron chi connectivity index (χ4n) is 3.02. The van der Waals surface area contributed by atoms with Gasteiger partial charge in [-0.25, -0.2) is 0 Å². The fourth-order valence-corrected chi connectivity index (χ4v) is 3.02. The van der Waals surface area contributed by atoms with E-state index in [0.717, 1.165) is 19.0 Å². The maximum Gasteiger partial charge on any atom is 0.0244 e. The lowest BCUT2D eigenvalue weighted by molar-refractivity contribution is 0.0207. The zero-order valence-electron chi connectivity index (χ0n) is 14.1. The monoisotopic (exact) mass is 269 g/mol. The van der Waals surface area contributed by atoms with Crippen LogP contribution in [0.25, 0.3) is 0 Å². The summed E-state index contributed by atoms with van der Waals surface area (Å²) in [6, 6.07) is 1.99. The predicted molar refractivity (Wildman–Crippen MR) is 84.6 cm³/mol. The highest BCUT2D eigenvalue weighted by Crippen LogP contribution is 2.19. The summed E-state index contributed by atoms with van der Waals surface area (Å²) in [5.74, 6) is 1.45. The summed E-state index contributed by atoms with van der Waals surface area (Å²) in [4.78, 5) is 5.21. The highest BCUT2D eigenvalue weighted by Gasteiger charge is 2.31. The Bertz CT molecular complexity index is 240. The molecule has 1 heterocycles. The smallest absolute Gasteiger partial charge is 0.0244 e. The molecule has 1 fully saturated rings. The second-order valence-electron chi connectivity index (χ2n) is 7.18. The van der Waals surface area contributed by atoms with Crippen molar-refractivity contribution < 1.29 is 0 Å². The van der Waals surface area contributed by atoms with Gasteiger partial charge < -0.3 is 5.32 Å². The van der Waals surface area contributed by atoms with Crippen LogP contribution in [0.15, 0.2) is 0 Å². The minimum Gasteiger partial charge on any atom is -0.315 e. The first kappa shape index (κ1) is 16.9. The normalized spacial score (nSPS) is 28.3. The van der Waals surface area contributed by atoms with Crippen LogP contribution in [0.2, 0.25) is 0 Å². The largest absolute Gasteiger partial charge is 0.315 e. The molecule has 0 bridgehead atoms. The molecule has 1 rings (SSSR count). The van der Waals surface area contributed by atoms with Gasteiger partial charge in [0.2, 0.25) is 0 Å². The van der Waals surface area contributed by atoms with Crippen molar-refractivity contribution in [2.45, 2.75) is 59.7 Å². The summed E-state index contributed by atoms with van der Waals surface area (Å²) >= 11 is 0. The molecule has 19 heavy (non-hydrogen) atoms. The molecule has 1 aliphatic rings. The molecule has 3 nitrogen and oxygen atoms in total. The molecule has 114 valence electrons. The Morgan fingerprint density at radius 1 is 1.00 bits per heavy atom. The second kappa shape index (κ2) is 7.61. The van der Waals surface area contributed by atoms with Crippen LogP contribution >= 0.6 is 0 Å². The van der Waals surface area contributed by atoms with Gasteiger partial charge in [0.05, 0.1) is 0 Å². The van der Waals surface area contributed by atoms with E-state index in [1.54, 1.807) is 0 Å². The van der Waals surface area contributed by atoms with Crippen LogP contribution in [-0.4, -0.2) is 61.2 Å². The van der Waals surface area contributed by atoms with Gasteiger partial charge >= 0.3 is 0 Å². The van der Waals surface area contributed by atoms with Crippen LogP contribution in [0.1, 0.15) is 41.5 Å². The van der Waals surface area contributed by atoms with Crippen molar-refractivity contribution in [1.29, 1.82) is 0 Å². The number of hydrogen-bond donors (Lipinski definition) is 1. The predicted octanol–water partition coefficient (Wildman–Crippen LogP) is 2.28. The van der Waals surface area contributed by atoms with E-state index in [2.05, 4.69) is 63.7 Å². The third-order valence-electron chi connectivity index (χ3n) is 4.53. The zero-order chi connectivity index (χ0) is 14.6. The molecule has 0 saturated carbocycles. The first-order valence-electron chi connectivity index (χ1n) is 7.99. The lowest BCUT2D eigenvalue weighted by Crippen LogP contribution is -2.60. The molecule has 1 saturated heterocycles. The van der Waals surface area contributed by atoms with E-state index in [1.807, 2.05) is 0 Å². The van der Waals surface area contributed by atoms with E-state index in [-0.39, 0.29) is 0 Å². The number of likely N-dealkylation sites (N-methyl/N-ethyl adjacent to an activating group) is 1. The molecule has 3 unspecified atom stereocenters. The van der Waals surface area contributed by atoms with Gasteiger partial charge in [0.1, 0.15) is 0 Å². The van der Waals surface area contributed by atoms with Crippen molar-refractivity contribution in [2.75, 3.05) is 33.2 Å². The SMILES string of the molecule is CC(C)CNCC(C(C)C)N1CC(C)N(C)C(C)C1. The molecule has 1 aliphatic heterocycles. The van der Waals surface area contributed by atoms with E-state index in [1.165, 1.54) is 13.1 Å². The van der Waals surface area contributed by atoms with Crippen LogP contribution < -0.4 is 5.32 Å². The van der Waals surface area contributed by atoms with Gasteiger partial charge in [-0.1, -0.05) is 27.7 Å². The maximum absolute atomic E-state index is 3.65. The average Bonchev–Trinajstić information content (AvgIpc) is 2.30. The summed E-state index contributed by atoms with van der Waals surface area (Å²) in [7, 11) is 2.26. The van der Waals surface area contributed by atoms with Crippen LogP contribution in [0.4, 0.5) is 0 Å². The molecule has 0 spiro atoms. The molecular formula is C16H35N3.